The van der Waals surface area contributed by atoms with E-state index < -0.39 is 0 Å². The van der Waals surface area contributed by atoms with Crippen LogP contribution in [0.5, 0.6) is 0 Å². The Morgan fingerprint density at radius 1 is 1.26 bits per heavy atom. The fourth-order valence-electron chi connectivity index (χ4n) is 2.62. The monoisotopic (exact) mass is 258 g/mol. The van der Waals surface area contributed by atoms with Gasteiger partial charge in [0.2, 0.25) is 11.7 Å². The van der Waals surface area contributed by atoms with Gasteiger partial charge in [0.05, 0.1) is 12.0 Å². The van der Waals surface area contributed by atoms with Gasteiger partial charge >= 0.3 is 0 Å². The normalized spacial score (nSPS) is 22.8. The average molecular weight is 258 g/mol. The molecule has 0 bridgehead atoms. The molecule has 1 aromatic heterocycles. The number of rotatable bonds is 3. The molecule has 1 saturated carbocycles. The summed E-state index contributed by atoms with van der Waals surface area (Å²) in [4.78, 5) is 4.43. The second-order valence-electron chi connectivity index (χ2n) is 5.11. The van der Waals surface area contributed by atoms with Crippen molar-refractivity contribution in [2.75, 3.05) is 0 Å². The maximum atomic E-state index is 9.86. The summed E-state index contributed by atoms with van der Waals surface area (Å²) >= 11 is 0. The molecule has 2 aromatic rings. The highest BCUT2D eigenvalue weighted by Gasteiger charge is 2.31. The van der Waals surface area contributed by atoms with E-state index in [1.165, 1.54) is 5.56 Å². The summed E-state index contributed by atoms with van der Waals surface area (Å²) in [5, 5.41) is 13.9. The van der Waals surface area contributed by atoms with Gasteiger partial charge in [0.15, 0.2) is 0 Å². The van der Waals surface area contributed by atoms with Crippen LogP contribution in [0.15, 0.2) is 28.8 Å². The van der Waals surface area contributed by atoms with E-state index in [-0.39, 0.29) is 12.0 Å². The number of nitrogens with zero attached hydrogens (tertiary/aromatic N) is 2. The first kappa shape index (κ1) is 12.4. The molecule has 19 heavy (non-hydrogen) atoms. The first-order valence-electron chi connectivity index (χ1n) is 6.89. The van der Waals surface area contributed by atoms with Gasteiger partial charge in [0.25, 0.3) is 0 Å². The van der Waals surface area contributed by atoms with Crippen molar-refractivity contribution < 1.29 is 9.63 Å². The Balaban J connectivity index is 1.83. The fourth-order valence-corrected chi connectivity index (χ4v) is 2.62. The molecule has 3 rings (SSSR count). The number of aryl methyl sites for hydroxylation is 1. The predicted molar refractivity (Wildman–Crippen MR) is 71.7 cm³/mol. The minimum Gasteiger partial charge on any atom is -0.392 e. The van der Waals surface area contributed by atoms with E-state index in [0.29, 0.717) is 11.7 Å². The molecular formula is C15H18N2O2. The van der Waals surface area contributed by atoms with E-state index in [0.717, 1.165) is 31.2 Å². The van der Waals surface area contributed by atoms with Crippen LogP contribution in [0.1, 0.15) is 43.6 Å². The fraction of sp³-hybridized carbons (Fsp3) is 0.467. The summed E-state index contributed by atoms with van der Waals surface area (Å²) in [6.45, 7) is 2.13. The molecule has 4 heteroatoms. The van der Waals surface area contributed by atoms with Crippen LogP contribution in [-0.2, 0) is 6.42 Å². The van der Waals surface area contributed by atoms with Gasteiger partial charge in [-0.3, -0.25) is 0 Å². The number of hydrogen-bond donors (Lipinski definition) is 1. The molecule has 4 nitrogen and oxygen atoms in total. The van der Waals surface area contributed by atoms with Gasteiger partial charge in [-0.2, -0.15) is 4.98 Å². The molecule has 0 radical (unpaired) electrons. The molecule has 2 atom stereocenters. The van der Waals surface area contributed by atoms with Crippen LogP contribution in [0.4, 0.5) is 0 Å². The van der Waals surface area contributed by atoms with Crippen molar-refractivity contribution in [3.63, 3.8) is 0 Å². The average Bonchev–Trinajstić information content (AvgIpc) is 3.07. The summed E-state index contributed by atoms with van der Waals surface area (Å²) in [6.07, 6.45) is 3.46. The van der Waals surface area contributed by atoms with Gasteiger partial charge in [-0.25, -0.2) is 0 Å². The topological polar surface area (TPSA) is 59.2 Å². The van der Waals surface area contributed by atoms with Crippen molar-refractivity contribution in [1.29, 1.82) is 0 Å². The molecule has 0 spiro atoms. The third-order valence-electron chi connectivity index (χ3n) is 3.86. The van der Waals surface area contributed by atoms with Crippen LogP contribution in [0, 0.1) is 0 Å². The zero-order valence-corrected chi connectivity index (χ0v) is 11.0. The van der Waals surface area contributed by atoms with Crippen molar-refractivity contribution in [2.45, 2.75) is 44.6 Å². The molecule has 2 unspecified atom stereocenters. The lowest BCUT2D eigenvalue weighted by Gasteiger charge is -2.07. The molecule has 1 aromatic carbocycles. The third-order valence-corrected chi connectivity index (χ3v) is 3.86. The summed E-state index contributed by atoms with van der Waals surface area (Å²) in [5.41, 5.74) is 2.25. The molecule has 100 valence electrons. The van der Waals surface area contributed by atoms with E-state index in [4.69, 9.17) is 4.52 Å². The summed E-state index contributed by atoms with van der Waals surface area (Å²) in [5.74, 6) is 1.19. The molecule has 1 N–H and O–H groups in total. The molecule has 1 aliphatic carbocycles. The van der Waals surface area contributed by atoms with Gasteiger partial charge < -0.3 is 9.63 Å². The Morgan fingerprint density at radius 3 is 2.68 bits per heavy atom. The molecule has 0 amide bonds. The smallest absolute Gasteiger partial charge is 0.232 e. The van der Waals surface area contributed by atoms with Crippen LogP contribution < -0.4 is 0 Å². The van der Waals surface area contributed by atoms with Gasteiger partial charge in [0, 0.05) is 5.56 Å². The van der Waals surface area contributed by atoms with Crippen LogP contribution in [0.25, 0.3) is 11.4 Å². The largest absolute Gasteiger partial charge is 0.392 e. The highest BCUT2D eigenvalue weighted by atomic mass is 16.5. The summed E-state index contributed by atoms with van der Waals surface area (Å²) < 4.78 is 5.31. The van der Waals surface area contributed by atoms with Gasteiger partial charge in [-0.15, -0.1) is 0 Å². The van der Waals surface area contributed by atoms with E-state index in [2.05, 4.69) is 29.2 Å². The second kappa shape index (κ2) is 5.13. The zero-order valence-electron chi connectivity index (χ0n) is 11.0. The van der Waals surface area contributed by atoms with Crippen LogP contribution in [0.3, 0.4) is 0 Å². The molecular weight excluding hydrogens is 240 g/mol. The number of hydrogen-bond acceptors (Lipinski definition) is 4. The Hall–Kier alpha value is -1.68. The van der Waals surface area contributed by atoms with E-state index in [1.807, 2.05) is 12.1 Å². The number of aliphatic hydroxyl groups excluding tert-OH is 1. The van der Waals surface area contributed by atoms with Crippen molar-refractivity contribution in [2.24, 2.45) is 0 Å². The van der Waals surface area contributed by atoms with Gasteiger partial charge in [0.1, 0.15) is 0 Å². The van der Waals surface area contributed by atoms with Crippen molar-refractivity contribution >= 4 is 0 Å². The number of benzene rings is 1. The first-order chi connectivity index (χ1) is 9.28. The molecule has 1 fully saturated rings. The van der Waals surface area contributed by atoms with Crippen LogP contribution in [0.2, 0.25) is 0 Å². The summed E-state index contributed by atoms with van der Waals surface area (Å²) in [7, 11) is 0. The predicted octanol–water partition coefficient (Wildman–Crippen LogP) is 2.93. The number of aromatic nitrogens is 2. The Kier molecular flexibility index (Phi) is 3.34. The lowest BCUT2D eigenvalue weighted by Crippen LogP contribution is -2.11. The standard InChI is InChI=1S/C15H18N2O2/c1-2-10-6-8-11(9-7-10)14-16-15(19-17-14)12-4-3-5-13(12)18/h6-9,12-13,18H,2-5H2,1H3. The molecule has 0 saturated heterocycles. The highest BCUT2D eigenvalue weighted by Crippen LogP contribution is 2.34. The lowest BCUT2D eigenvalue weighted by atomic mass is 10.1. The van der Waals surface area contributed by atoms with E-state index in [1.54, 1.807) is 0 Å². The van der Waals surface area contributed by atoms with Gasteiger partial charge in [-0.05, 0) is 31.2 Å². The van der Waals surface area contributed by atoms with Crippen LogP contribution in [-0.4, -0.2) is 21.4 Å². The molecule has 1 aliphatic rings. The minimum atomic E-state index is -0.337. The second-order valence-corrected chi connectivity index (χ2v) is 5.11. The van der Waals surface area contributed by atoms with Crippen molar-refractivity contribution in [3.8, 4) is 11.4 Å². The molecule has 0 aliphatic heterocycles. The third kappa shape index (κ3) is 2.40. The highest BCUT2D eigenvalue weighted by molar-refractivity contribution is 5.54. The Labute approximate surface area is 112 Å². The zero-order chi connectivity index (χ0) is 13.2. The lowest BCUT2D eigenvalue weighted by molar-refractivity contribution is 0.148. The van der Waals surface area contributed by atoms with E-state index in [9.17, 15) is 5.11 Å². The first-order valence-corrected chi connectivity index (χ1v) is 6.89. The SMILES string of the molecule is CCc1ccc(-c2noc(C3CCCC3O)n2)cc1. The quantitative estimate of drug-likeness (QED) is 0.919. The number of aliphatic hydroxyl groups is 1. The van der Waals surface area contributed by atoms with Crippen LogP contribution >= 0.6 is 0 Å². The van der Waals surface area contributed by atoms with Crippen molar-refractivity contribution in [1.82, 2.24) is 10.1 Å². The van der Waals surface area contributed by atoms with E-state index >= 15 is 0 Å². The summed E-state index contributed by atoms with van der Waals surface area (Å²) in [6, 6.07) is 8.18. The Morgan fingerprint density at radius 2 is 2.05 bits per heavy atom. The molecule has 1 heterocycles. The Bertz CT molecular complexity index is 548. The van der Waals surface area contributed by atoms with Gasteiger partial charge in [-0.1, -0.05) is 36.3 Å². The maximum Gasteiger partial charge on any atom is 0.232 e. The minimum absolute atomic E-state index is 0.0103. The van der Waals surface area contributed by atoms with Crippen molar-refractivity contribution in [3.05, 3.63) is 35.7 Å². The maximum absolute atomic E-state index is 9.86.